The van der Waals surface area contributed by atoms with E-state index in [1.165, 1.54) is 18.2 Å². The number of benzene rings is 1. The number of rotatable bonds is 6. The van der Waals surface area contributed by atoms with Crippen molar-refractivity contribution in [1.82, 2.24) is 14.9 Å². The third-order valence-corrected chi connectivity index (χ3v) is 2.81. The van der Waals surface area contributed by atoms with Crippen LogP contribution in [0.4, 0.5) is 0 Å². The van der Waals surface area contributed by atoms with Crippen molar-refractivity contribution in [1.29, 1.82) is 0 Å². The van der Waals surface area contributed by atoms with Crippen LogP contribution in [0.1, 0.15) is 15.9 Å². The highest BCUT2D eigenvalue weighted by atomic mass is 35.5. The molecule has 1 aromatic carbocycles. The molecule has 0 bridgehead atoms. The predicted octanol–water partition coefficient (Wildman–Crippen LogP) is 1.83. The highest BCUT2D eigenvalue weighted by Gasteiger charge is 2.00. The molecule has 6 nitrogen and oxygen atoms in total. The number of carbonyl (C=O) groups is 2. The molecule has 0 radical (unpaired) electrons. The highest BCUT2D eigenvalue weighted by Crippen LogP contribution is 2.06. The Morgan fingerprint density at radius 3 is 2.59 bits per heavy atom. The first-order valence-corrected chi connectivity index (χ1v) is 6.40. The molecule has 0 aliphatic carbocycles. The number of halogens is 1. The fourth-order valence-electron chi connectivity index (χ4n) is 1.69. The van der Waals surface area contributed by atoms with Crippen LogP contribution in [0.25, 0.3) is 6.08 Å². The maximum absolute atomic E-state index is 11.6. The minimum Gasteiger partial charge on any atom is -0.478 e. The van der Waals surface area contributed by atoms with Crippen molar-refractivity contribution < 1.29 is 14.7 Å². The van der Waals surface area contributed by atoms with Crippen molar-refractivity contribution in [3.63, 3.8) is 0 Å². The standard InChI is InChI=1S/C15H15N3O3.ClH/c19-14(17-8-10-18-9-7-16-11-18)6-3-12-1-4-13(5-2-12)15(20)21;/h1-7,9,11H,8,10H2,(H,17,19)(H,20,21);1H/b6-3+;. The van der Waals surface area contributed by atoms with Gasteiger partial charge in [0.25, 0.3) is 0 Å². The lowest BCUT2D eigenvalue weighted by molar-refractivity contribution is -0.116. The monoisotopic (exact) mass is 321 g/mol. The Balaban J connectivity index is 0.00000242. The first-order valence-electron chi connectivity index (χ1n) is 6.40. The van der Waals surface area contributed by atoms with E-state index >= 15 is 0 Å². The lowest BCUT2D eigenvalue weighted by Crippen LogP contribution is -2.25. The Hall–Kier alpha value is -2.60. The zero-order valence-electron chi connectivity index (χ0n) is 11.7. The molecule has 0 fully saturated rings. The number of hydrogen-bond acceptors (Lipinski definition) is 3. The van der Waals surface area contributed by atoms with Crippen molar-refractivity contribution in [3.05, 3.63) is 60.2 Å². The van der Waals surface area contributed by atoms with Crippen LogP contribution in [0.15, 0.2) is 49.1 Å². The summed E-state index contributed by atoms with van der Waals surface area (Å²) in [4.78, 5) is 26.2. The molecule has 0 unspecified atom stereocenters. The zero-order valence-corrected chi connectivity index (χ0v) is 12.5. The summed E-state index contributed by atoms with van der Waals surface area (Å²) < 4.78 is 1.87. The number of carbonyl (C=O) groups excluding carboxylic acids is 1. The van der Waals surface area contributed by atoms with Crippen molar-refractivity contribution in [2.75, 3.05) is 6.54 Å². The largest absolute Gasteiger partial charge is 0.478 e. The van der Waals surface area contributed by atoms with E-state index in [1.807, 2.05) is 10.8 Å². The molecule has 1 heterocycles. The van der Waals surface area contributed by atoms with Crippen LogP contribution in [-0.4, -0.2) is 33.1 Å². The summed E-state index contributed by atoms with van der Waals surface area (Å²) in [5.41, 5.74) is 0.988. The summed E-state index contributed by atoms with van der Waals surface area (Å²) in [5, 5.41) is 11.5. The lowest BCUT2D eigenvalue weighted by Gasteiger charge is -2.02. The van der Waals surface area contributed by atoms with Crippen molar-refractivity contribution >= 4 is 30.4 Å². The van der Waals surface area contributed by atoms with Gasteiger partial charge in [0.15, 0.2) is 0 Å². The van der Waals surface area contributed by atoms with E-state index in [9.17, 15) is 9.59 Å². The predicted molar refractivity (Wildman–Crippen MR) is 84.9 cm³/mol. The number of imidazole rings is 1. The van der Waals surface area contributed by atoms with Crippen LogP contribution >= 0.6 is 12.4 Å². The Bertz CT molecular complexity index is 637. The van der Waals surface area contributed by atoms with Crippen LogP contribution in [0.3, 0.4) is 0 Å². The van der Waals surface area contributed by atoms with E-state index in [2.05, 4.69) is 10.3 Å². The van der Waals surface area contributed by atoms with Gasteiger partial charge in [-0.25, -0.2) is 9.78 Å². The minimum absolute atomic E-state index is 0. The second-order valence-electron chi connectivity index (χ2n) is 4.35. The van der Waals surface area contributed by atoms with Gasteiger partial charge in [0.05, 0.1) is 11.9 Å². The number of carboxylic acids is 1. The molecule has 1 amide bonds. The quantitative estimate of drug-likeness (QED) is 0.795. The Morgan fingerprint density at radius 2 is 2.00 bits per heavy atom. The molecular weight excluding hydrogens is 306 g/mol. The van der Waals surface area contributed by atoms with Gasteiger partial charge in [-0.15, -0.1) is 12.4 Å². The number of amides is 1. The average molecular weight is 322 g/mol. The van der Waals surface area contributed by atoms with E-state index in [0.29, 0.717) is 13.1 Å². The normalized spacial score (nSPS) is 10.2. The molecule has 2 rings (SSSR count). The fraction of sp³-hybridized carbons (Fsp3) is 0.133. The van der Waals surface area contributed by atoms with Gasteiger partial charge in [-0.1, -0.05) is 12.1 Å². The highest BCUT2D eigenvalue weighted by molar-refractivity contribution is 5.92. The van der Waals surface area contributed by atoms with Crippen molar-refractivity contribution in [2.24, 2.45) is 0 Å². The van der Waals surface area contributed by atoms with Gasteiger partial charge in [-0.2, -0.15) is 0 Å². The van der Waals surface area contributed by atoms with Crippen LogP contribution in [-0.2, 0) is 11.3 Å². The van der Waals surface area contributed by atoms with Gasteiger partial charge < -0.3 is 15.0 Å². The smallest absolute Gasteiger partial charge is 0.335 e. The number of carboxylic acid groups (broad SMARTS) is 1. The number of nitrogens with zero attached hydrogens (tertiary/aromatic N) is 2. The van der Waals surface area contributed by atoms with Crippen molar-refractivity contribution in [3.8, 4) is 0 Å². The summed E-state index contributed by atoms with van der Waals surface area (Å²) in [6.07, 6.45) is 8.25. The average Bonchev–Trinajstić information content (AvgIpc) is 2.99. The molecule has 1 aromatic heterocycles. The molecule has 0 spiro atoms. The summed E-state index contributed by atoms with van der Waals surface area (Å²) in [6, 6.07) is 6.30. The molecule has 0 atom stereocenters. The zero-order chi connectivity index (χ0) is 15.1. The van der Waals surface area contributed by atoms with Crippen LogP contribution in [0.5, 0.6) is 0 Å². The Morgan fingerprint density at radius 1 is 1.27 bits per heavy atom. The number of nitrogens with one attached hydrogen (secondary N) is 1. The molecule has 0 aliphatic heterocycles. The second-order valence-corrected chi connectivity index (χ2v) is 4.35. The number of aromatic nitrogens is 2. The summed E-state index contributed by atoms with van der Waals surface area (Å²) >= 11 is 0. The fourth-order valence-corrected chi connectivity index (χ4v) is 1.69. The molecule has 0 saturated heterocycles. The van der Waals surface area contributed by atoms with E-state index in [0.717, 1.165) is 5.56 Å². The van der Waals surface area contributed by atoms with Crippen LogP contribution in [0.2, 0.25) is 0 Å². The third kappa shape index (κ3) is 5.41. The van der Waals surface area contributed by atoms with E-state index in [-0.39, 0.29) is 23.9 Å². The number of hydrogen-bond donors (Lipinski definition) is 2. The Labute approximate surface area is 133 Å². The SMILES string of the molecule is Cl.O=C(/C=C/c1ccc(C(=O)O)cc1)NCCn1ccnc1. The molecule has 116 valence electrons. The minimum atomic E-state index is -0.970. The van der Waals surface area contributed by atoms with E-state index < -0.39 is 5.97 Å². The molecule has 7 heteroatoms. The maximum atomic E-state index is 11.6. The van der Waals surface area contributed by atoms with E-state index in [4.69, 9.17) is 5.11 Å². The van der Waals surface area contributed by atoms with Crippen LogP contribution in [0, 0.1) is 0 Å². The van der Waals surface area contributed by atoms with Gasteiger partial charge in [0, 0.05) is 31.6 Å². The van der Waals surface area contributed by atoms with Gasteiger partial charge in [-0.05, 0) is 23.8 Å². The summed E-state index contributed by atoms with van der Waals surface area (Å²) in [7, 11) is 0. The molecule has 2 N–H and O–H groups in total. The number of aromatic carboxylic acids is 1. The molecular formula is C15H16ClN3O3. The topological polar surface area (TPSA) is 84.2 Å². The van der Waals surface area contributed by atoms with Gasteiger partial charge in [0.2, 0.25) is 5.91 Å². The summed E-state index contributed by atoms with van der Waals surface area (Å²) in [6.45, 7) is 1.17. The van der Waals surface area contributed by atoms with Gasteiger partial charge in [0.1, 0.15) is 0 Å². The third-order valence-electron chi connectivity index (χ3n) is 2.81. The molecule has 0 saturated carbocycles. The van der Waals surface area contributed by atoms with E-state index in [1.54, 1.807) is 30.7 Å². The van der Waals surface area contributed by atoms with Crippen LogP contribution < -0.4 is 5.32 Å². The first-order chi connectivity index (χ1) is 10.1. The molecule has 0 aliphatic rings. The molecule has 2 aromatic rings. The van der Waals surface area contributed by atoms with Crippen molar-refractivity contribution in [2.45, 2.75) is 6.54 Å². The lowest BCUT2D eigenvalue weighted by atomic mass is 10.1. The maximum Gasteiger partial charge on any atom is 0.335 e. The van der Waals surface area contributed by atoms with Gasteiger partial charge in [-0.3, -0.25) is 4.79 Å². The first kappa shape index (κ1) is 17.5. The summed E-state index contributed by atoms with van der Waals surface area (Å²) in [5.74, 6) is -1.17. The van der Waals surface area contributed by atoms with Gasteiger partial charge >= 0.3 is 5.97 Å². The Kier molecular flexibility index (Phi) is 6.85. The molecule has 22 heavy (non-hydrogen) atoms. The second kappa shape index (κ2) is 8.63.